The number of hydrogen-bond donors (Lipinski definition) is 0. The van der Waals surface area contributed by atoms with Crippen molar-refractivity contribution in [3.8, 4) is 0 Å². The van der Waals surface area contributed by atoms with Crippen LogP contribution in [0.3, 0.4) is 0 Å². The molecule has 1 aromatic carbocycles. The Morgan fingerprint density at radius 1 is 1.29 bits per heavy atom. The fourth-order valence-electron chi connectivity index (χ4n) is 1.03. The Labute approximate surface area is 85.9 Å². The van der Waals surface area contributed by atoms with Gasteiger partial charge in [0, 0.05) is 14.1 Å². The zero-order valence-electron chi connectivity index (χ0n) is 8.01. The number of thiazole rings is 1. The van der Waals surface area contributed by atoms with Gasteiger partial charge in [0.1, 0.15) is 0 Å². The van der Waals surface area contributed by atoms with Crippen LogP contribution >= 0.6 is 11.3 Å². The molecule has 0 bridgehead atoms. The van der Waals surface area contributed by atoms with Gasteiger partial charge in [0.05, 0.1) is 10.2 Å². The summed E-state index contributed by atoms with van der Waals surface area (Å²) in [5.74, 6) is 0. The third-order valence-corrected chi connectivity index (χ3v) is 2.51. The van der Waals surface area contributed by atoms with Gasteiger partial charge in [-0.25, -0.2) is 4.98 Å². The Balaban J connectivity index is 2.36. The maximum absolute atomic E-state index is 4.32. The van der Waals surface area contributed by atoms with Crippen LogP contribution in [0.4, 0.5) is 5.13 Å². The summed E-state index contributed by atoms with van der Waals surface area (Å²) in [6.07, 6.45) is 0. The predicted molar refractivity (Wildman–Crippen MR) is 57.8 cm³/mol. The van der Waals surface area contributed by atoms with Crippen LogP contribution in [0.1, 0.15) is 0 Å². The number of benzene rings is 1. The van der Waals surface area contributed by atoms with Gasteiger partial charge in [0.15, 0.2) is 0 Å². The average Bonchev–Trinajstić information content (AvgIpc) is 2.57. The van der Waals surface area contributed by atoms with Gasteiger partial charge in [-0.2, -0.15) is 0 Å². The molecule has 0 aliphatic carbocycles. The highest BCUT2D eigenvalue weighted by molar-refractivity contribution is 7.21. The van der Waals surface area contributed by atoms with E-state index in [0.717, 1.165) is 10.2 Å². The van der Waals surface area contributed by atoms with Gasteiger partial charge in [-0.3, -0.25) is 5.01 Å². The van der Waals surface area contributed by atoms with Gasteiger partial charge in [-0.15, -0.1) is 5.11 Å². The van der Waals surface area contributed by atoms with Gasteiger partial charge < -0.3 is 0 Å². The molecule has 1 heterocycles. The van der Waals surface area contributed by atoms with Crippen molar-refractivity contribution in [3.63, 3.8) is 0 Å². The van der Waals surface area contributed by atoms with Gasteiger partial charge in [-0.05, 0) is 12.1 Å². The van der Waals surface area contributed by atoms with Crippen molar-refractivity contribution in [1.82, 2.24) is 9.99 Å². The summed E-state index contributed by atoms with van der Waals surface area (Å²) in [5, 5.41) is 10.2. The highest BCUT2D eigenvalue weighted by Crippen LogP contribution is 2.27. The minimum atomic E-state index is 0.694. The molecule has 0 aliphatic heterocycles. The van der Waals surface area contributed by atoms with Crippen LogP contribution in [0.25, 0.3) is 10.2 Å². The van der Waals surface area contributed by atoms with Crippen LogP contribution in [-0.2, 0) is 0 Å². The first-order valence-electron chi connectivity index (χ1n) is 4.20. The van der Waals surface area contributed by atoms with E-state index in [-0.39, 0.29) is 0 Å². The molecule has 2 rings (SSSR count). The quantitative estimate of drug-likeness (QED) is 0.560. The molecule has 0 fully saturated rings. The number of aromatic nitrogens is 1. The smallest absolute Gasteiger partial charge is 0.232 e. The Kier molecular flexibility index (Phi) is 2.41. The lowest BCUT2D eigenvalue weighted by Crippen LogP contribution is -1.98. The molecule has 0 aliphatic rings. The van der Waals surface area contributed by atoms with Crippen molar-refractivity contribution in [2.24, 2.45) is 10.3 Å². The van der Waals surface area contributed by atoms with E-state index in [1.54, 1.807) is 16.3 Å². The lowest BCUT2D eigenvalue weighted by atomic mass is 10.3. The molecule has 2 aromatic rings. The van der Waals surface area contributed by atoms with E-state index in [2.05, 4.69) is 15.3 Å². The van der Waals surface area contributed by atoms with Crippen LogP contribution in [-0.4, -0.2) is 24.1 Å². The fraction of sp³-hybridized carbons (Fsp3) is 0.222. The molecule has 14 heavy (non-hydrogen) atoms. The van der Waals surface area contributed by atoms with Gasteiger partial charge in [0.2, 0.25) is 5.13 Å². The maximum Gasteiger partial charge on any atom is 0.232 e. The molecule has 0 saturated heterocycles. The Morgan fingerprint density at radius 3 is 2.79 bits per heavy atom. The monoisotopic (exact) mass is 206 g/mol. The summed E-state index contributed by atoms with van der Waals surface area (Å²) >= 11 is 1.54. The number of rotatable bonds is 2. The zero-order chi connectivity index (χ0) is 9.97. The Bertz CT molecular complexity index is 428. The number of nitrogens with zero attached hydrogens (tertiary/aromatic N) is 4. The molecule has 0 atom stereocenters. The van der Waals surface area contributed by atoms with Crippen LogP contribution in [0, 0.1) is 0 Å². The first-order valence-corrected chi connectivity index (χ1v) is 5.02. The summed E-state index contributed by atoms with van der Waals surface area (Å²) < 4.78 is 1.14. The largest absolute Gasteiger partial charge is 0.284 e. The predicted octanol–water partition coefficient (Wildman–Crippen LogP) is 2.86. The molecule has 0 amide bonds. The van der Waals surface area contributed by atoms with E-state index in [1.165, 1.54) is 0 Å². The minimum Gasteiger partial charge on any atom is -0.284 e. The fourth-order valence-corrected chi connectivity index (χ4v) is 1.81. The first kappa shape index (κ1) is 9.08. The minimum absolute atomic E-state index is 0.694. The molecule has 0 unspecified atom stereocenters. The molecule has 0 spiro atoms. The SMILES string of the molecule is CN(C)/N=N/c1nc2ccccc2s1. The third kappa shape index (κ3) is 1.88. The molecular weight excluding hydrogens is 196 g/mol. The molecule has 0 radical (unpaired) electrons. The van der Waals surface area contributed by atoms with E-state index in [9.17, 15) is 0 Å². The second-order valence-corrected chi connectivity index (χ2v) is 4.01. The summed E-state index contributed by atoms with van der Waals surface area (Å²) in [7, 11) is 3.66. The van der Waals surface area contributed by atoms with Crippen molar-refractivity contribution < 1.29 is 0 Å². The van der Waals surface area contributed by atoms with Crippen LogP contribution in [0.5, 0.6) is 0 Å². The molecular formula is C9H10N4S. The molecule has 0 N–H and O–H groups in total. The van der Waals surface area contributed by atoms with Crippen molar-refractivity contribution in [1.29, 1.82) is 0 Å². The summed E-state index contributed by atoms with van der Waals surface area (Å²) in [4.78, 5) is 4.32. The summed E-state index contributed by atoms with van der Waals surface area (Å²) in [6, 6.07) is 7.96. The number of fused-ring (bicyclic) bond motifs is 1. The Hall–Kier alpha value is -1.49. The van der Waals surface area contributed by atoms with Crippen LogP contribution < -0.4 is 0 Å². The van der Waals surface area contributed by atoms with Gasteiger partial charge in [0.25, 0.3) is 0 Å². The highest BCUT2D eigenvalue weighted by atomic mass is 32.1. The van der Waals surface area contributed by atoms with Gasteiger partial charge in [-0.1, -0.05) is 28.7 Å². The van der Waals surface area contributed by atoms with Crippen molar-refractivity contribution >= 4 is 26.7 Å². The second kappa shape index (κ2) is 3.71. The molecule has 4 nitrogen and oxygen atoms in total. The zero-order valence-corrected chi connectivity index (χ0v) is 8.82. The average molecular weight is 206 g/mol. The van der Waals surface area contributed by atoms with E-state index in [4.69, 9.17) is 0 Å². The Morgan fingerprint density at radius 2 is 2.07 bits per heavy atom. The lowest BCUT2D eigenvalue weighted by Gasteiger charge is -1.97. The van der Waals surface area contributed by atoms with Gasteiger partial charge >= 0.3 is 0 Å². The molecule has 5 heteroatoms. The summed E-state index contributed by atoms with van der Waals surface area (Å²) in [6.45, 7) is 0. The van der Waals surface area contributed by atoms with E-state index >= 15 is 0 Å². The normalized spacial score (nSPS) is 11.3. The highest BCUT2D eigenvalue weighted by Gasteiger charge is 2.00. The molecule has 0 saturated carbocycles. The van der Waals surface area contributed by atoms with E-state index < -0.39 is 0 Å². The number of para-hydroxylation sites is 1. The first-order chi connectivity index (χ1) is 6.75. The lowest BCUT2D eigenvalue weighted by molar-refractivity contribution is 0.408. The number of hydrogen-bond acceptors (Lipinski definition) is 4. The molecule has 1 aromatic heterocycles. The van der Waals surface area contributed by atoms with Crippen LogP contribution in [0.15, 0.2) is 34.6 Å². The van der Waals surface area contributed by atoms with Crippen molar-refractivity contribution in [2.75, 3.05) is 14.1 Å². The van der Waals surface area contributed by atoms with Crippen molar-refractivity contribution in [3.05, 3.63) is 24.3 Å². The van der Waals surface area contributed by atoms with Crippen molar-refractivity contribution in [2.45, 2.75) is 0 Å². The van der Waals surface area contributed by atoms with Crippen LogP contribution in [0.2, 0.25) is 0 Å². The topological polar surface area (TPSA) is 40.9 Å². The van der Waals surface area contributed by atoms with E-state index in [0.29, 0.717) is 5.13 Å². The molecule has 72 valence electrons. The summed E-state index contributed by atoms with van der Waals surface area (Å²) in [5.41, 5.74) is 0.977. The third-order valence-electron chi connectivity index (χ3n) is 1.59. The van der Waals surface area contributed by atoms with E-state index in [1.807, 2.05) is 38.4 Å². The standard InChI is InChI=1S/C9H10N4S/c1-13(2)12-11-9-10-7-5-3-4-6-8(7)14-9/h3-6H,1-2H3/b12-11+. The maximum atomic E-state index is 4.32. The second-order valence-electron chi connectivity index (χ2n) is 3.00.